The van der Waals surface area contributed by atoms with Crippen molar-refractivity contribution >= 4 is 5.78 Å². The maximum absolute atomic E-state index is 14.0. The molecule has 0 heterocycles. The molecule has 0 aliphatic rings. The quantitative estimate of drug-likeness (QED) is 0.717. The maximum atomic E-state index is 14.0. The summed E-state index contributed by atoms with van der Waals surface area (Å²) in [6.45, 7) is 5.46. The van der Waals surface area contributed by atoms with Crippen molar-refractivity contribution in [2.24, 2.45) is 0 Å². The Bertz CT molecular complexity index is 614. The average Bonchev–Trinajstić information content (AvgIpc) is 2.32. The lowest BCUT2D eigenvalue weighted by Crippen LogP contribution is -1.95. The lowest BCUT2D eigenvalue weighted by Gasteiger charge is -2.07. The van der Waals surface area contributed by atoms with E-state index in [1.165, 1.54) is 18.6 Å². The number of halogens is 1. The van der Waals surface area contributed by atoms with Gasteiger partial charge in [-0.1, -0.05) is 30.3 Å². The number of rotatable bonds is 2. The van der Waals surface area contributed by atoms with Gasteiger partial charge in [0.05, 0.1) is 0 Å². The minimum atomic E-state index is -0.356. The highest BCUT2D eigenvalue weighted by atomic mass is 19.1. The zero-order valence-electron chi connectivity index (χ0n) is 10.8. The molecular formula is C16H15FO. The van der Waals surface area contributed by atoms with Crippen molar-refractivity contribution in [2.75, 3.05) is 0 Å². The largest absolute Gasteiger partial charge is 0.295 e. The first-order valence-electron chi connectivity index (χ1n) is 5.87. The molecular weight excluding hydrogens is 227 g/mol. The van der Waals surface area contributed by atoms with Crippen LogP contribution in [0.25, 0.3) is 11.1 Å². The molecule has 0 N–H and O–H groups in total. The fourth-order valence-electron chi connectivity index (χ4n) is 1.88. The Balaban J connectivity index is 2.51. The van der Waals surface area contributed by atoms with E-state index in [1.54, 1.807) is 12.1 Å². The Morgan fingerprint density at radius 3 is 2.28 bits per heavy atom. The van der Waals surface area contributed by atoms with Crippen LogP contribution in [0.2, 0.25) is 0 Å². The highest BCUT2D eigenvalue weighted by Crippen LogP contribution is 2.25. The van der Waals surface area contributed by atoms with E-state index in [1.807, 2.05) is 32.0 Å². The van der Waals surface area contributed by atoms with Crippen LogP contribution >= 0.6 is 0 Å². The lowest BCUT2D eigenvalue weighted by atomic mass is 9.98. The zero-order chi connectivity index (χ0) is 13.3. The van der Waals surface area contributed by atoms with E-state index in [9.17, 15) is 9.18 Å². The summed E-state index contributed by atoms with van der Waals surface area (Å²) in [5, 5.41) is 0. The van der Waals surface area contributed by atoms with Gasteiger partial charge in [0, 0.05) is 11.1 Å². The number of aryl methyl sites for hydroxylation is 2. The van der Waals surface area contributed by atoms with Crippen LogP contribution in [0, 0.1) is 19.7 Å². The summed E-state index contributed by atoms with van der Waals surface area (Å²) in [5.74, 6) is -0.480. The number of hydrogen-bond acceptors (Lipinski definition) is 1. The molecule has 0 atom stereocenters. The summed E-state index contributed by atoms with van der Waals surface area (Å²) in [5.41, 5.74) is 4.08. The van der Waals surface area contributed by atoms with Crippen molar-refractivity contribution in [1.29, 1.82) is 0 Å². The van der Waals surface area contributed by atoms with E-state index in [4.69, 9.17) is 0 Å². The van der Waals surface area contributed by atoms with Crippen molar-refractivity contribution in [3.63, 3.8) is 0 Å². The number of hydrogen-bond donors (Lipinski definition) is 0. The van der Waals surface area contributed by atoms with Gasteiger partial charge in [0.15, 0.2) is 5.78 Å². The van der Waals surface area contributed by atoms with E-state index in [-0.39, 0.29) is 11.6 Å². The van der Waals surface area contributed by atoms with Crippen LogP contribution in [0.3, 0.4) is 0 Å². The van der Waals surface area contributed by atoms with E-state index >= 15 is 0 Å². The average molecular weight is 242 g/mol. The zero-order valence-corrected chi connectivity index (χ0v) is 10.8. The minimum absolute atomic E-state index is 0.125. The Morgan fingerprint density at radius 1 is 1.00 bits per heavy atom. The number of carbonyl (C=O) groups excluding carboxylic acids is 1. The molecule has 92 valence electrons. The van der Waals surface area contributed by atoms with Crippen LogP contribution in [-0.2, 0) is 0 Å². The highest BCUT2D eigenvalue weighted by molar-refractivity contribution is 5.94. The third-order valence-electron chi connectivity index (χ3n) is 3.19. The van der Waals surface area contributed by atoms with Crippen LogP contribution in [0.4, 0.5) is 4.39 Å². The molecule has 0 aliphatic heterocycles. The number of carbonyl (C=O) groups is 1. The standard InChI is InChI=1S/C16H15FO/c1-10-4-5-14(8-11(10)2)15-7-6-13(12(3)18)9-16(15)17/h4-9H,1-3H3. The SMILES string of the molecule is CC(=O)c1ccc(-c2ccc(C)c(C)c2)c(F)c1. The third kappa shape index (κ3) is 2.33. The number of Topliss-reactive ketones (excluding diaryl/α,β-unsaturated/α-hetero) is 1. The molecule has 0 unspecified atom stereocenters. The van der Waals surface area contributed by atoms with Crippen molar-refractivity contribution in [1.82, 2.24) is 0 Å². The maximum Gasteiger partial charge on any atom is 0.159 e. The van der Waals surface area contributed by atoms with Crippen molar-refractivity contribution in [3.05, 3.63) is 58.9 Å². The molecule has 0 saturated carbocycles. The van der Waals surface area contributed by atoms with Gasteiger partial charge in [0.2, 0.25) is 0 Å². The Labute approximate surface area is 106 Å². The van der Waals surface area contributed by atoms with Gasteiger partial charge in [-0.2, -0.15) is 0 Å². The van der Waals surface area contributed by atoms with E-state index in [0.29, 0.717) is 11.1 Å². The summed E-state index contributed by atoms with van der Waals surface area (Å²) in [7, 11) is 0. The molecule has 0 saturated heterocycles. The molecule has 0 amide bonds. The van der Waals surface area contributed by atoms with Gasteiger partial charge in [-0.15, -0.1) is 0 Å². The van der Waals surface area contributed by atoms with Gasteiger partial charge >= 0.3 is 0 Å². The molecule has 0 fully saturated rings. The summed E-state index contributed by atoms with van der Waals surface area (Å²) >= 11 is 0. The second-order valence-electron chi connectivity index (χ2n) is 4.55. The normalized spacial score (nSPS) is 10.4. The Morgan fingerprint density at radius 2 is 1.72 bits per heavy atom. The topological polar surface area (TPSA) is 17.1 Å². The first kappa shape index (κ1) is 12.5. The van der Waals surface area contributed by atoms with Gasteiger partial charge in [0.1, 0.15) is 5.82 Å². The molecule has 0 spiro atoms. The van der Waals surface area contributed by atoms with Gasteiger partial charge in [0.25, 0.3) is 0 Å². The molecule has 0 aliphatic carbocycles. The molecule has 2 heteroatoms. The molecule has 0 aromatic heterocycles. The molecule has 18 heavy (non-hydrogen) atoms. The first-order valence-corrected chi connectivity index (χ1v) is 5.87. The molecule has 2 aromatic carbocycles. The lowest BCUT2D eigenvalue weighted by molar-refractivity contribution is 0.101. The fraction of sp³-hybridized carbons (Fsp3) is 0.188. The van der Waals surface area contributed by atoms with Crippen molar-refractivity contribution in [3.8, 4) is 11.1 Å². The summed E-state index contributed by atoms with van der Waals surface area (Å²) in [6, 6.07) is 10.5. The molecule has 0 bridgehead atoms. The first-order chi connectivity index (χ1) is 8.49. The Kier molecular flexibility index (Phi) is 3.28. The van der Waals surface area contributed by atoms with Crippen molar-refractivity contribution in [2.45, 2.75) is 20.8 Å². The smallest absolute Gasteiger partial charge is 0.159 e. The molecule has 0 radical (unpaired) electrons. The molecule has 2 rings (SSSR count). The summed E-state index contributed by atoms with van der Waals surface area (Å²) in [4.78, 5) is 11.2. The number of benzene rings is 2. The predicted molar refractivity (Wildman–Crippen MR) is 71.3 cm³/mol. The van der Waals surface area contributed by atoms with Crippen LogP contribution in [0.1, 0.15) is 28.4 Å². The summed E-state index contributed by atoms with van der Waals surface area (Å²) in [6.07, 6.45) is 0. The van der Waals surface area contributed by atoms with Crippen LogP contribution in [0.5, 0.6) is 0 Å². The second-order valence-corrected chi connectivity index (χ2v) is 4.55. The van der Waals surface area contributed by atoms with Gasteiger partial charge < -0.3 is 0 Å². The van der Waals surface area contributed by atoms with Crippen LogP contribution in [-0.4, -0.2) is 5.78 Å². The van der Waals surface area contributed by atoms with E-state index in [2.05, 4.69) is 0 Å². The minimum Gasteiger partial charge on any atom is -0.295 e. The summed E-state index contributed by atoms with van der Waals surface area (Å²) < 4.78 is 14.0. The van der Waals surface area contributed by atoms with Gasteiger partial charge in [-0.25, -0.2) is 4.39 Å². The second kappa shape index (κ2) is 4.73. The van der Waals surface area contributed by atoms with E-state index < -0.39 is 0 Å². The van der Waals surface area contributed by atoms with Gasteiger partial charge in [-0.05, 0) is 43.5 Å². The van der Waals surface area contributed by atoms with Gasteiger partial charge in [-0.3, -0.25) is 4.79 Å². The fourth-order valence-corrected chi connectivity index (χ4v) is 1.88. The van der Waals surface area contributed by atoms with Crippen molar-refractivity contribution < 1.29 is 9.18 Å². The highest BCUT2D eigenvalue weighted by Gasteiger charge is 2.08. The molecule has 2 aromatic rings. The Hall–Kier alpha value is -1.96. The monoisotopic (exact) mass is 242 g/mol. The van der Waals surface area contributed by atoms with Crippen LogP contribution in [0.15, 0.2) is 36.4 Å². The van der Waals surface area contributed by atoms with E-state index in [0.717, 1.165) is 11.1 Å². The number of ketones is 1. The van der Waals surface area contributed by atoms with Crippen LogP contribution < -0.4 is 0 Å². The third-order valence-corrected chi connectivity index (χ3v) is 3.19. The predicted octanol–water partition coefficient (Wildman–Crippen LogP) is 4.31. The molecule has 1 nitrogen and oxygen atoms in total.